The van der Waals surface area contributed by atoms with E-state index < -0.39 is 81.3 Å². The Morgan fingerprint density at radius 3 is 2.62 bits per heavy atom. The van der Waals surface area contributed by atoms with Crippen molar-refractivity contribution in [2.24, 2.45) is 22.7 Å². The normalized spacial score (nSPS) is 35.0. The molecule has 1 saturated heterocycles. The van der Waals surface area contributed by atoms with Gasteiger partial charge in [-0.05, 0) is 94.7 Å². The average Bonchev–Trinajstić information content (AvgIpc) is 3.51. The van der Waals surface area contributed by atoms with E-state index in [2.05, 4.69) is 4.84 Å². The van der Waals surface area contributed by atoms with Crippen molar-refractivity contribution in [2.45, 2.75) is 95.5 Å². The van der Waals surface area contributed by atoms with E-state index in [0.717, 1.165) is 6.08 Å². The monoisotopic (exact) mass is 741 g/mol. The Morgan fingerprint density at radius 1 is 1.15 bits per heavy atom. The summed E-state index contributed by atoms with van der Waals surface area (Å²) in [4.78, 5) is 66.0. The van der Waals surface area contributed by atoms with E-state index in [1.54, 1.807) is 32.9 Å². The Bertz CT molecular complexity index is 1800. The molecule has 0 radical (unpaired) electrons. The Morgan fingerprint density at radius 2 is 1.91 bits per heavy atom. The van der Waals surface area contributed by atoms with Crippen LogP contribution in [0.25, 0.3) is 6.08 Å². The van der Waals surface area contributed by atoms with E-state index in [4.69, 9.17) is 23.7 Å². The molecule has 286 valence electrons. The summed E-state index contributed by atoms with van der Waals surface area (Å²) < 4.78 is 46.5. The van der Waals surface area contributed by atoms with Gasteiger partial charge in [-0.1, -0.05) is 24.6 Å². The summed E-state index contributed by atoms with van der Waals surface area (Å²) in [5, 5.41) is 21.1. The van der Waals surface area contributed by atoms with Crippen LogP contribution in [-0.2, 0) is 38.2 Å². The van der Waals surface area contributed by atoms with Gasteiger partial charge in [0.05, 0.1) is 25.9 Å². The Labute approximate surface area is 305 Å². The number of methoxy groups -OCH3 is 1. The molecule has 4 aliphatic carbocycles. The average molecular weight is 742 g/mol. The number of benzene rings is 1. The van der Waals surface area contributed by atoms with Crippen LogP contribution in [0, 0.1) is 32.8 Å². The van der Waals surface area contributed by atoms with E-state index in [-0.39, 0.29) is 43.2 Å². The number of Topliss-reactive ketones (excluding diaryl/α,β-unsaturated/α-hetero) is 1. The van der Waals surface area contributed by atoms with Crippen LogP contribution < -0.4 is 9.47 Å². The molecule has 1 aromatic rings. The first-order valence-corrected chi connectivity index (χ1v) is 17.6. The predicted molar refractivity (Wildman–Crippen MR) is 182 cm³/mol. The minimum atomic E-state index is -2.10. The molecule has 0 spiro atoms. The van der Waals surface area contributed by atoms with Gasteiger partial charge in [0.15, 0.2) is 40.9 Å². The van der Waals surface area contributed by atoms with Gasteiger partial charge in [0, 0.05) is 29.2 Å². The second kappa shape index (κ2) is 13.7. The number of ketones is 2. The quantitative estimate of drug-likeness (QED) is 0.0784. The van der Waals surface area contributed by atoms with Crippen LogP contribution in [0.1, 0.15) is 71.8 Å². The number of alkyl halides is 1. The molecule has 0 amide bonds. The highest BCUT2D eigenvalue weighted by Crippen LogP contribution is 2.72. The third kappa shape index (κ3) is 6.35. The lowest BCUT2D eigenvalue weighted by atomic mass is 9.44. The molecule has 53 heavy (non-hydrogen) atoms. The molecule has 0 aromatic heterocycles. The summed E-state index contributed by atoms with van der Waals surface area (Å²) in [6, 6.07) is 4.51. The Balaban J connectivity index is 1.15. The standard InChI is InChI=1S/C38H44FNO13/c1-34(2)52-31-19-26-25-11-10-23-18-24(41)14-15-35(23,3)37(25,39)29(42)20-36(26,4)38(31,53-34)30(43)21-49-32(44)13-9-22-8-12-27(28(17-22)48-5)51-33(45)7-6-16-50-40(46)47/h8-9,12-15,17-18,25-26,29,31,42H,6-7,10-11,16,19-21H2,1-5H3/b13-9+/t25?,26?,29-,31+,35-,36-,37-,38+/m0/s1. The number of carbonyl (C=O) groups is 4. The minimum Gasteiger partial charge on any atom is -0.493 e. The largest absolute Gasteiger partial charge is 0.493 e. The fourth-order valence-corrected chi connectivity index (χ4v) is 9.67. The Hall–Kier alpha value is -4.47. The molecule has 3 saturated carbocycles. The van der Waals surface area contributed by atoms with Gasteiger partial charge in [-0.25, -0.2) is 9.18 Å². The maximum atomic E-state index is 17.7. The molecule has 1 aliphatic heterocycles. The van der Waals surface area contributed by atoms with Crippen molar-refractivity contribution in [3.8, 4) is 11.5 Å². The zero-order valence-corrected chi connectivity index (χ0v) is 30.3. The van der Waals surface area contributed by atoms with E-state index in [1.165, 1.54) is 37.5 Å². The number of ether oxygens (including phenoxy) is 5. The third-order valence-corrected chi connectivity index (χ3v) is 11.9. The van der Waals surface area contributed by atoms with Crippen LogP contribution >= 0.6 is 0 Å². The number of aliphatic hydroxyl groups excluding tert-OH is 1. The SMILES string of the molecule is COc1cc(/C=C/C(=O)OCC(=O)[C@@]23OC(C)(C)O[C@@H]2CC2C4CCC5=CC(=O)C=C[C@]5(C)[C@@]4(F)[C@@H](O)C[C@@]23C)ccc1OC(=O)CCCO[N+](=O)[O-]. The summed E-state index contributed by atoms with van der Waals surface area (Å²) in [6.07, 6.45) is 5.61. The highest BCUT2D eigenvalue weighted by atomic mass is 19.1. The number of nitrogens with zero attached hydrogens (tertiary/aromatic N) is 1. The molecule has 2 unspecified atom stereocenters. The summed E-state index contributed by atoms with van der Waals surface area (Å²) in [6.45, 7) is 6.01. The van der Waals surface area contributed by atoms with Gasteiger partial charge in [-0.15, -0.1) is 10.1 Å². The number of halogens is 1. The number of fused-ring (bicyclic) bond motifs is 7. The van der Waals surface area contributed by atoms with Crippen molar-refractivity contribution < 1.29 is 62.3 Å². The summed E-state index contributed by atoms with van der Waals surface area (Å²) in [7, 11) is 1.36. The van der Waals surface area contributed by atoms with Crippen molar-refractivity contribution in [1.29, 1.82) is 0 Å². The Kier molecular flexibility index (Phi) is 9.92. The van der Waals surface area contributed by atoms with Gasteiger partial charge >= 0.3 is 11.9 Å². The fraction of sp³-hybridized carbons (Fsp3) is 0.579. The number of hydrogen-bond acceptors (Lipinski definition) is 13. The number of aliphatic hydroxyl groups is 1. The first-order chi connectivity index (χ1) is 24.9. The molecule has 0 bridgehead atoms. The molecular weight excluding hydrogens is 697 g/mol. The number of carbonyl (C=O) groups excluding carboxylic acids is 4. The maximum absolute atomic E-state index is 17.7. The van der Waals surface area contributed by atoms with Crippen LogP contribution in [0.5, 0.6) is 11.5 Å². The van der Waals surface area contributed by atoms with Crippen LogP contribution in [0.4, 0.5) is 4.39 Å². The van der Waals surface area contributed by atoms with Gasteiger partial charge in [0.1, 0.15) is 0 Å². The van der Waals surface area contributed by atoms with E-state index in [1.807, 2.05) is 6.92 Å². The first kappa shape index (κ1) is 38.3. The van der Waals surface area contributed by atoms with Gasteiger partial charge in [0.25, 0.3) is 5.09 Å². The zero-order valence-electron chi connectivity index (χ0n) is 30.3. The molecule has 1 N–H and O–H groups in total. The summed E-state index contributed by atoms with van der Waals surface area (Å²) >= 11 is 0. The van der Waals surface area contributed by atoms with Crippen molar-refractivity contribution >= 4 is 29.6 Å². The lowest BCUT2D eigenvalue weighted by Gasteiger charge is -2.62. The third-order valence-electron chi connectivity index (χ3n) is 11.9. The first-order valence-electron chi connectivity index (χ1n) is 17.6. The molecule has 14 nitrogen and oxygen atoms in total. The smallest absolute Gasteiger partial charge is 0.331 e. The molecule has 1 aromatic carbocycles. The molecular formula is C38H44FNO13. The van der Waals surface area contributed by atoms with Crippen LogP contribution in [0.2, 0.25) is 0 Å². The number of allylic oxidation sites excluding steroid dienone is 4. The number of hydrogen-bond donors (Lipinski definition) is 1. The van der Waals surface area contributed by atoms with E-state index >= 15 is 4.39 Å². The predicted octanol–water partition coefficient (Wildman–Crippen LogP) is 4.59. The second-order valence-electron chi connectivity index (χ2n) is 15.3. The summed E-state index contributed by atoms with van der Waals surface area (Å²) in [5.41, 5.74) is -4.89. The van der Waals surface area contributed by atoms with Crippen molar-refractivity contribution in [2.75, 3.05) is 20.3 Å². The molecule has 1 heterocycles. The topological polar surface area (TPSA) is 187 Å². The molecule has 15 heteroatoms. The second-order valence-corrected chi connectivity index (χ2v) is 15.3. The van der Waals surface area contributed by atoms with E-state index in [9.17, 15) is 34.4 Å². The van der Waals surface area contributed by atoms with E-state index in [0.29, 0.717) is 30.4 Å². The minimum absolute atomic E-state index is 0.0762. The maximum Gasteiger partial charge on any atom is 0.331 e. The lowest BCUT2D eigenvalue weighted by molar-refractivity contribution is -0.757. The van der Waals surface area contributed by atoms with Crippen LogP contribution in [0.15, 0.2) is 48.1 Å². The van der Waals surface area contributed by atoms with Crippen LogP contribution in [0.3, 0.4) is 0 Å². The zero-order chi connectivity index (χ0) is 38.6. The number of esters is 2. The van der Waals surface area contributed by atoms with Gasteiger partial charge in [-0.3, -0.25) is 14.4 Å². The lowest BCUT2D eigenvalue weighted by Crippen LogP contribution is -2.70. The van der Waals surface area contributed by atoms with Gasteiger partial charge < -0.3 is 33.6 Å². The molecule has 8 atom stereocenters. The highest BCUT2D eigenvalue weighted by Gasteiger charge is 2.80. The van der Waals surface area contributed by atoms with Crippen molar-refractivity contribution in [1.82, 2.24) is 0 Å². The van der Waals surface area contributed by atoms with Gasteiger partial charge in [0.2, 0.25) is 5.78 Å². The molecule has 6 rings (SSSR count). The van der Waals surface area contributed by atoms with Crippen molar-refractivity contribution in [3.63, 3.8) is 0 Å². The highest BCUT2D eigenvalue weighted by molar-refractivity contribution is 6.01. The van der Waals surface area contributed by atoms with Crippen molar-refractivity contribution in [3.05, 3.63) is 63.8 Å². The van der Waals surface area contributed by atoms with Crippen LogP contribution in [-0.4, -0.2) is 83.3 Å². The molecule has 5 aliphatic rings. The summed E-state index contributed by atoms with van der Waals surface area (Å²) in [5.74, 6) is -4.26. The number of rotatable bonds is 12. The molecule has 4 fully saturated rings. The van der Waals surface area contributed by atoms with Gasteiger partial charge in [-0.2, -0.15) is 0 Å². The fourth-order valence-electron chi connectivity index (χ4n) is 9.67.